The molecular formula is C6H12O5. The molecule has 5 heteroatoms. The molecule has 0 amide bonds. The highest BCUT2D eigenvalue weighted by Crippen LogP contribution is 2.14. The minimum atomic E-state index is -1.22. The Balaban J connectivity index is 2.52. The second-order valence-electron chi connectivity index (χ2n) is 2.60. The summed E-state index contributed by atoms with van der Waals surface area (Å²) in [5.41, 5.74) is 0. The summed E-state index contributed by atoms with van der Waals surface area (Å²) >= 11 is 0. The molecule has 1 saturated heterocycles. The predicted octanol–water partition coefficient (Wildman–Crippen LogP) is -2.54. The normalized spacial score (nSPS) is 45.8. The summed E-state index contributed by atoms with van der Waals surface area (Å²) < 4.78 is 4.81. The number of aliphatic hydroxyl groups is 4. The van der Waals surface area contributed by atoms with Crippen LogP contribution in [0.25, 0.3) is 0 Å². The van der Waals surface area contributed by atoms with E-state index in [1.54, 1.807) is 0 Å². The molecule has 4 N–H and O–H groups in total. The van der Waals surface area contributed by atoms with Crippen LogP contribution in [0, 0.1) is 0 Å². The number of aliphatic hydroxyl groups excluding tert-OH is 4. The van der Waals surface area contributed by atoms with E-state index >= 15 is 0 Å². The Bertz CT molecular complexity index is 126. The van der Waals surface area contributed by atoms with E-state index in [4.69, 9.17) is 25.2 Å². The number of ether oxygens (including phenoxy) is 1. The van der Waals surface area contributed by atoms with Crippen LogP contribution in [-0.4, -0.2) is 58.1 Å². The zero-order chi connectivity index (χ0) is 8.43. The van der Waals surface area contributed by atoms with Crippen LogP contribution >= 0.6 is 0 Å². The number of rotatable bonds is 1. The molecule has 1 fully saturated rings. The van der Waals surface area contributed by atoms with Gasteiger partial charge < -0.3 is 25.2 Å². The fourth-order valence-corrected chi connectivity index (χ4v) is 1.03. The molecule has 66 valence electrons. The van der Waals surface area contributed by atoms with Gasteiger partial charge in [0.05, 0.1) is 13.2 Å². The van der Waals surface area contributed by atoms with Crippen LogP contribution in [0.2, 0.25) is 0 Å². The standard InChI is InChI=1S/C6H12O5/c7-1-4-6(10)5(9)3(8)2-11-4/h3-10H,1-2H2/t3-,4?,5-,6+/m1/s1. The van der Waals surface area contributed by atoms with Crippen molar-refractivity contribution in [2.75, 3.05) is 13.2 Å². The zero-order valence-electron chi connectivity index (χ0n) is 5.92. The second-order valence-corrected chi connectivity index (χ2v) is 2.60. The van der Waals surface area contributed by atoms with Crippen molar-refractivity contribution in [2.24, 2.45) is 0 Å². The Hall–Kier alpha value is -0.200. The fourth-order valence-electron chi connectivity index (χ4n) is 1.03. The summed E-state index contributed by atoms with van der Waals surface area (Å²) in [6.45, 7) is -0.408. The van der Waals surface area contributed by atoms with Crippen LogP contribution in [0.5, 0.6) is 0 Å². The largest absolute Gasteiger partial charge is 0.394 e. The lowest BCUT2D eigenvalue weighted by atomic mass is 10.0. The first kappa shape index (κ1) is 8.89. The Morgan fingerprint density at radius 3 is 2.36 bits per heavy atom. The molecule has 0 aromatic carbocycles. The van der Waals surface area contributed by atoms with Crippen molar-refractivity contribution >= 4 is 0 Å². The molecule has 0 aromatic heterocycles. The smallest absolute Gasteiger partial charge is 0.111 e. The van der Waals surface area contributed by atoms with Gasteiger partial charge in [-0.3, -0.25) is 0 Å². The predicted molar refractivity (Wildman–Crippen MR) is 34.8 cm³/mol. The summed E-state index contributed by atoms with van der Waals surface area (Å²) in [5.74, 6) is 0. The topological polar surface area (TPSA) is 90.2 Å². The molecule has 0 radical (unpaired) electrons. The maximum Gasteiger partial charge on any atom is 0.111 e. The molecule has 0 spiro atoms. The lowest BCUT2D eigenvalue weighted by Crippen LogP contribution is -2.53. The summed E-state index contributed by atoms with van der Waals surface area (Å²) in [7, 11) is 0. The minimum absolute atomic E-state index is 0.0521. The van der Waals surface area contributed by atoms with Gasteiger partial charge in [-0.15, -0.1) is 0 Å². The molecule has 1 rings (SSSR count). The van der Waals surface area contributed by atoms with Crippen molar-refractivity contribution in [3.05, 3.63) is 0 Å². The van der Waals surface area contributed by atoms with E-state index in [0.717, 1.165) is 0 Å². The monoisotopic (exact) mass is 164 g/mol. The third kappa shape index (κ3) is 1.69. The molecular weight excluding hydrogens is 152 g/mol. The first-order valence-electron chi connectivity index (χ1n) is 3.43. The van der Waals surface area contributed by atoms with Crippen molar-refractivity contribution in [3.63, 3.8) is 0 Å². The van der Waals surface area contributed by atoms with Gasteiger partial charge in [0.25, 0.3) is 0 Å². The highest BCUT2D eigenvalue weighted by atomic mass is 16.5. The van der Waals surface area contributed by atoms with Gasteiger partial charge >= 0.3 is 0 Å². The number of hydrogen-bond acceptors (Lipinski definition) is 5. The summed E-state index contributed by atoms with van der Waals surface area (Å²) in [6, 6.07) is 0. The molecule has 1 heterocycles. The van der Waals surface area contributed by atoms with Crippen LogP contribution in [-0.2, 0) is 4.74 Å². The Labute approximate surface area is 63.8 Å². The van der Waals surface area contributed by atoms with E-state index in [1.807, 2.05) is 0 Å². The Kier molecular flexibility index (Phi) is 2.80. The van der Waals surface area contributed by atoms with E-state index in [1.165, 1.54) is 0 Å². The third-order valence-corrected chi connectivity index (χ3v) is 1.79. The fraction of sp³-hybridized carbons (Fsp3) is 1.00. The highest BCUT2D eigenvalue weighted by Gasteiger charge is 2.36. The lowest BCUT2D eigenvalue weighted by Gasteiger charge is -2.34. The maximum atomic E-state index is 9.11. The molecule has 0 bridgehead atoms. The van der Waals surface area contributed by atoms with Crippen LogP contribution in [0.3, 0.4) is 0 Å². The van der Waals surface area contributed by atoms with Gasteiger partial charge in [0, 0.05) is 0 Å². The third-order valence-electron chi connectivity index (χ3n) is 1.79. The second kappa shape index (κ2) is 3.46. The van der Waals surface area contributed by atoms with Gasteiger partial charge in [0.1, 0.15) is 24.4 Å². The molecule has 0 saturated carbocycles. The van der Waals surface area contributed by atoms with E-state index < -0.39 is 24.4 Å². The Morgan fingerprint density at radius 2 is 1.82 bits per heavy atom. The molecule has 0 aromatic rings. The SMILES string of the molecule is OCC1OC[C@@H](O)[C@@H](O)[C@H]1O. The first-order valence-corrected chi connectivity index (χ1v) is 3.43. The van der Waals surface area contributed by atoms with E-state index in [0.29, 0.717) is 0 Å². The van der Waals surface area contributed by atoms with Crippen LogP contribution in [0.1, 0.15) is 0 Å². The molecule has 11 heavy (non-hydrogen) atoms. The van der Waals surface area contributed by atoms with Crippen molar-refractivity contribution in [1.82, 2.24) is 0 Å². The van der Waals surface area contributed by atoms with Gasteiger partial charge in [-0.2, -0.15) is 0 Å². The summed E-state index contributed by atoms with van der Waals surface area (Å²) in [6.07, 6.45) is -4.27. The highest BCUT2D eigenvalue weighted by molar-refractivity contribution is 4.85. The van der Waals surface area contributed by atoms with E-state index in [9.17, 15) is 0 Å². The van der Waals surface area contributed by atoms with Gasteiger partial charge in [0.2, 0.25) is 0 Å². The molecule has 1 unspecified atom stereocenters. The molecule has 1 aliphatic rings. The lowest BCUT2D eigenvalue weighted by molar-refractivity contribution is -0.195. The molecule has 4 atom stereocenters. The Morgan fingerprint density at radius 1 is 1.18 bits per heavy atom. The minimum Gasteiger partial charge on any atom is -0.394 e. The van der Waals surface area contributed by atoms with E-state index in [2.05, 4.69) is 0 Å². The average molecular weight is 164 g/mol. The number of hydrogen-bond donors (Lipinski definition) is 4. The van der Waals surface area contributed by atoms with Crippen molar-refractivity contribution < 1.29 is 25.2 Å². The van der Waals surface area contributed by atoms with Crippen molar-refractivity contribution in [3.8, 4) is 0 Å². The van der Waals surface area contributed by atoms with Crippen molar-refractivity contribution in [2.45, 2.75) is 24.4 Å². The van der Waals surface area contributed by atoms with Crippen molar-refractivity contribution in [1.29, 1.82) is 0 Å². The maximum absolute atomic E-state index is 9.11. The van der Waals surface area contributed by atoms with Gasteiger partial charge in [-0.25, -0.2) is 0 Å². The van der Waals surface area contributed by atoms with Gasteiger partial charge in [-0.05, 0) is 0 Å². The van der Waals surface area contributed by atoms with Gasteiger partial charge in [0.15, 0.2) is 0 Å². The zero-order valence-corrected chi connectivity index (χ0v) is 5.92. The van der Waals surface area contributed by atoms with Crippen LogP contribution in [0.4, 0.5) is 0 Å². The molecule has 5 nitrogen and oxygen atoms in total. The van der Waals surface area contributed by atoms with Crippen LogP contribution < -0.4 is 0 Å². The van der Waals surface area contributed by atoms with Crippen LogP contribution in [0.15, 0.2) is 0 Å². The molecule has 0 aliphatic carbocycles. The molecule has 1 aliphatic heterocycles. The summed E-state index contributed by atoms with van der Waals surface area (Å²) in [4.78, 5) is 0. The first-order chi connectivity index (χ1) is 5.16. The quantitative estimate of drug-likeness (QED) is 0.343. The van der Waals surface area contributed by atoms with Gasteiger partial charge in [-0.1, -0.05) is 0 Å². The summed E-state index contributed by atoms with van der Waals surface area (Å²) in [5, 5.41) is 35.7. The van der Waals surface area contributed by atoms with E-state index in [-0.39, 0.29) is 13.2 Å². The average Bonchev–Trinajstić information content (AvgIpc) is 2.01.